The SMILES string of the molecule is CCN1CCc2cc(C(=O)CNC)ccc21. The fraction of sp³-hybridized carbons (Fsp3) is 0.462. The van der Waals surface area contributed by atoms with Crippen LogP contribution in [0.1, 0.15) is 22.8 Å². The van der Waals surface area contributed by atoms with Gasteiger partial charge in [0.25, 0.3) is 0 Å². The monoisotopic (exact) mass is 218 g/mol. The molecule has 0 unspecified atom stereocenters. The maximum absolute atomic E-state index is 11.7. The number of benzene rings is 1. The first-order valence-corrected chi connectivity index (χ1v) is 5.82. The van der Waals surface area contributed by atoms with E-state index in [1.807, 2.05) is 12.1 Å². The van der Waals surface area contributed by atoms with E-state index in [1.54, 1.807) is 7.05 Å². The lowest BCUT2D eigenvalue weighted by atomic mass is 10.1. The Labute approximate surface area is 96.5 Å². The maximum atomic E-state index is 11.7. The van der Waals surface area contributed by atoms with Gasteiger partial charge in [0.2, 0.25) is 0 Å². The summed E-state index contributed by atoms with van der Waals surface area (Å²) in [5, 5.41) is 2.89. The van der Waals surface area contributed by atoms with Crippen LogP contribution in [0.4, 0.5) is 5.69 Å². The van der Waals surface area contributed by atoms with Crippen molar-refractivity contribution in [2.45, 2.75) is 13.3 Å². The minimum atomic E-state index is 0.167. The minimum absolute atomic E-state index is 0.167. The molecule has 0 saturated heterocycles. The lowest BCUT2D eigenvalue weighted by Crippen LogP contribution is -2.19. The summed E-state index contributed by atoms with van der Waals surface area (Å²) in [4.78, 5) is 14.1. The highest BCUT2D eigenvalue weighted by Crippen LogP contribution is 2.28. The topological polar surface area (TPSA) is 32.3 Å². The molecular formula is C13H18N2O. The number of anilines is 1. The minimum Gasteiger partial charge on any atom is -0.371 e. The second kappa shape index (κ2) is 4.66. The molecule has 0 aromatic heterocycles. The van der Waals surface area contributed by atoms with Gasteiger partial charge >= 0.3 is 0 Å². The molecule has 86 valence electrons. The van der Waals surface area contributed by atoms with Crippen LogP contribution < -0.4 is 10.2 Å². The number of carbonyl (C=O) groups is 1. The molecule has 0 atom stereocenters. The zero-order valence-electron chi connectivity index (χ0n) is 9.92. The molecule has 3 heteroatoms. The number of hydrogen-bond acceptors (Lipinski definition) is 3. The number of ketones is 1. The average molecular weight is 218 g/mol. The molecule has 1 N–H and O–H groups in total. The number of likely N-dealkylation sites (N-methyl/N-ethyl adjacent to an activating group) is 2. The Morgan fingerprint density at radius 2 is 2.31 bits per heavy atom. The Balaban J connectivity index is 2.24. The molecule has 0 spiro atoms. The molecule has 1 aromatic rings. The molecule has 1 aliphatic rings. The number of Topliss-reactive ketones (excluding diaryl/α,β-unsaturated/α-hetero) is 1. The first kappa shape index (κ1) is 11.1. The van der Waals surface area contributed by atoms with Gasteiger partial charge in [-0.15, -0.1) is 0 Å². The van der Waals surface area contributed by atoms with E-state index < -0.39 is 0 Å². The molecule has 0 radical (unpaired) electrons. The summed E-state index contributed by atoms with van der Waals surface area (Å²) in [6.07, 6.45) is 1.06. The van der Waals surface area contributed by atoms with Gasteiger partial charge in [-0.2, -0.15) is 0 Å². The summed E-state index contributed by atoms with van der Waals surface area (Å²) in [5.41, 5.74) is 3.43. The van der Waals surface area contributed by atoms with Gasteiger partial charge in [0.05, 0.1) is 6.54 Å². The Morgan fingerprint density at radius 1 is 1.50 bits per heavy atom. The lowest BCUT2D eigenvalue weighted by Gasteiger charge is -2.16. The number of rotatable bonds is 4. The van der Waals surface area contributed by atoms with Gasteiger partial charge in [-0.3, -0.25) is 4.79 Å². The van der Waals surface area contributed by atoms with Crippen molar-refractivity contribution in [3.05, 3.63) is 29.3 Å². The first-order valence-electron chi connectivity index (χ1n) is 5.82. The maximum Gasteiger partial charge on any atom is 0.176 e. The molecule has 2 rings (SSSR count). The van der Waals surface area contributed by atoms with E-state index in [2.05, 4.69) is 23.2 Å². The van der Waals surface area contributed by atoms with Crippen LogP contribution in [0.2, 0.25) is 0 Å². The Bertz CT molecular complexity index is 401. The highest BCUT2D eigenvalue weighted by molar-refractivity contribution is 5.98. The molecule has 1 heterocycles. The third-order valence-electron chi connectivity index (χ3n) is 3.11. The molecule has 16 heavy (non-hydrogen) atoms. The fourth-order valence-corrected chi connectivity index (χ4v) is 2.23. The van der Waals surface area contributed by atoms with E-state index in [9.17, 15) is 4.79 Å². The van der Waals surface area contributed by atoms with Crippen LogP contribution >= 0.6 is 0 Å². The number of hydrogen-bond donors (Lipinski definition) is 1. The second-order valence-electron chi connectivity index (χ2n) is 4.13. The quantitative estimate of drug-likeness (QED) is 0.777. The van der Waals surface area contributed by atoms with Gasteiger partial charge in [-0.05, 0) is 44.2 Å². The van der Waals surface area contributed by atoms with E-state index in [1.165, 1.54) is 11.3 Å². The van der Waals surface area contributed by atoms with Gasteiger partial charge in [0.1, 0.15) is 0 Å². The lowest BCUT2D eigenvalue weighted by molar-refractivity contribution is 0.0993. The van der Waals surface area contributed by atoms with Crippen LogP contribution in [0.3, 0.4) is 0 Å². The van der Waals surface area contributed by atoms with Crippen molar-refractivity contribution in [2.75, 3.05) is 31.6 Å². The summed E-state index contributed by atoms with van der Waals surface area (Å²) in [6, 6.07) is 6.06. The van der Waals surface area contributed by atoms with E-state index in [4.69, 9.17) is 0 Å². The van der Waals surface area contributed by atoms with Crippen molar-refractivity contribution < 1.29 is 4.79 Å². The van der Waals surface area contributed by atoms with Crippen LogP contribution in [-0.2, 0) is 6.42 Å². The number of nitrogens with one attached hydrogen (secondary N) is 1. The molecule has 0 fully saturated rings. The third-order valence-corrected chi connectivity index (χ3v) is 3.11. The second-order valence-corrected chi connectivity index (χ2v) is 4.13. The highest BCUT2D eigenvalue weighted by Gasteiger charge is 2.18. The van der Waals surface area contributed by atoms with Crippen molar-refractivity contribution in [1.29, 1.82) is 0 Å². The first-order chi connectivity index (χ1) is 7.76. The fourth-order valence-electron chi connectivity index (χ4n) is 2.23. The standard InChI is InChI=1S/C13H18N2O/c1-3-15-7-6-10-8-11(4-5-12(10)15)13(16)9-14-2/h4-5,8,14H,3,6-7,9H2,1-2H3. The molecule has 1 aromatic carbocycles. The van der Waals surface area contributed by atoms with E-state index >= 15 is 0 Å². The van der Waals surface area contributed by atoms with Crippen molar-refractivity contribution >= 4 is 11.5 Å². The Hall–Kier alpha value is -1.35. The predicted octanol–water partition coefficient (Wildman–Crippen LogP) is 1.47. The molecular weight excluding hydrogens is 200 g/mol. The molecule has 0 bridgehead atoms. The van der Waals surface area contributed by atoms with E-state index in [0.717, 1.165) is 25.1 Å². The largest absolute Gasteiger partial charge is 0.371 e. The molecule has 1 aliphatic heterocycles. The van der Waals surface area contributed by atoms with Gasteiger partial charge < -0.3 is 10.2 Å². The van der Waals surface area contributed by atoms with Gasteiger partial charge in [-0.1, -0.05) is 0 Å². The van der Waals surface area contributed by atoms with E-state index in [0.29, 0.717) is 6.54 Å². The van der Waals surface area contributed by atoms with Gasteiger partial charge in [0, 0.05) is 24.3 Å². The molecule has 0 saturated carbocycles. The molecule has 0 aliphatic carbocycles. The number of fused-ring (bicyclic) bond motifs is 1. The Kier molecular flexibility index (Phi) is 3.25. The van der Waals surface area contributed by atoms with Crippen LogP contribution in [0, 0.1) is 0 Å². The summed E-state index contributed by atoms with van der Waals surface area (Å²) in [5.74, 6) is 0.167. The normalized spacial score (nSPS) is 14.0. The van der Waals surface area contributed by atoms with Crippen LogP contribution in [0.25, 0.3) is 0 Å². The van der Waals surface area contributed by atoms with Crippen molar-refractivity contribution in [3.8, 4) is 0 Å². The predicted molar refractivity (Wildman–Crippen MR) is 66.3 cm³/mol. The van der Waals surface area contributed by atoms with E-state index in [-0.39, 0.29) is 5.78 Å². The van der Waals surface area contributed by atoms with Crippen molar-refractivity contribution in [2.24, 2.45) is 0 Å². The zero-order chi connectivity index (χ0) is 11.5. The average Bonchev–Trinajstić information content (AvgIpc) is 2.71. The van der Waals surface area contributed by atoms with Crippen molar-refractivity contribution in [1.82, 2.24) is 5.32 Å². The summed E-state index contributed by atoms with van der Waals surface area (Å²) in [7, 11) is 1.80. The van der Waals surface area contributed by atoms with Crippen molar-refractivity contribution in [3.63, 3.8) is 0 Å². The van der Waals surface area contributed by atoms with Crippen LogP contribution in [0.15, 0.2) is 18.2 Å². The van der Waals surface area contributed by atoms with Gasteiger partial charge in [-0.25, -0.2) is 0 Å². The van der Waals surface area contributed by atoms with Gasteiger partial charge in [0.15, 0.2) is 5.78 Å². The van der Waals surface area contributed by atoms with Crippen LogP contribution in [-0.4, -0.2) is 32.5 Å². The summed E-state index contributed by atoms with van der Waals surface area (Å²) >= 11 is 0. The number of carbonyl (C=O) groups excluding carboxylic acids is 1. The summed E-state index contributed by atoms with van der Waals surface area (Å²) in [6.45, 7) is 4.69. The highest BCUT2D eigenvalue weighted by atomic mass is 16.1. The van der Waals surface area contributed by atoms with Crippen LogP contribution in [0.5, 0.6) is 0 Å². The molecule has 3 nitrogen and oxygen atoms in total. The molecule has 0 amide bonds. The number of nitrogens with zero attached hydrogens (tertiary/aromatic N) is 1. The third kappa shape index (κ3) is 1.95. The Morgan fingerprint density at radius 3 is 3.00 bits per heavy atom. The zero-order valence-corrected chi connectivity index (χ0v) is 9.92. The smallest absolute Gasteiger partial charge is 0.176 e. The summed E-state index contributed by atoms with van der Waals surface area (Å²) < 4.78 is 0.